The van der Waals surface area contributed by atoms with Crippen molar-refractivity contribution in [3.05, 3.63) is 91.8 Å². The Balaban J connectivity index is 1.49. The van der Waals surface area contributed by atoms with Crippen molar-refractivity contribution in [2.75, 3.05) is 0 Å². The van der Waals surface area contributed by atoms with E-state index >= 15 is 0 Å². The molecule has 0 aliphatic rings. The Bertz CT molecular complexity index is 1540. The molecule has 1 amide bonds. The van der Waals surface area contributed by atoms with Gasteiger partial charge in [0.25, 0.3) is 5.56 Å². The molecule has 4 aromatic heterocycles. The number of fused-ring (bicyclic) bond motifs is 3. The summed E-state index contributed by atoms with van der Waals surface area (Å²) < 4.78 is 9.65. The van der Waals surface area contributed by atoms with Crippen LogP contribution >= 0.6 is 11.3 Å². The highest BCUT2D eigenvalue weighted by molar-refractivity contribution is 7.17. The number of benzene rings is 1. The van der Waals surface area contributed by atoms with Crippen molar-refractivity contribution >= 4 is 33.2 Å². The monoisotopic (exact) mass is 449 g/mol. The van der Waals surface area contributed by atoms with E-state index in [2.05, 4.69) is 10.4 Å². The number of rotatable bonds is 6. The zero-order chi connectivity index (χ0) is 22.2. The smallest absolute Gasteiger partial charge is 0.352 e. The second-order valence-electron chi connectivity index (χ2n) is 7.44. The third-order valence-electron chi connectivity index (χ3n) is 5.19. The summed E-state index contributed by atoms with van der Waals surface area (Å²) in [7, 11) is 0. The first kappa shape index (κ1) is 20.0. The van der Waals surface area contributed by atoms with Crippen LogP contribution in [0.2, 0.25) is 0 Å². The Hall–Kier alpha value is -3.92. The zero-order valence-corrected chi connectivity index (χ0v) is 18.0. The molecule has 0 saturated heterocycles. The summed E-state index contributed by atoms with van der Waals surface area (Å²) in [6.45, 7) is 2.21. The lowest BCUT2D eigenvalue weighted by atomic mass is 10.1. The van der Waals surface area contributed by atoms with Gasteiger partial charge in [0.05, 0.1) is 18.3 Å². The number of nitrogens with zero attached hydrogens (tertiary/aromatic N) is 4. The van der Waals surface area contributed by atoms with Gasteiger partial charge in [0.2, 0.25) is 11.7 Å². The SMILES string of the molecule is Cc1ccc(CNC(=O)Cn2nc3n(Cc4ccco4)c(=O)c4sccc4n3c2=O)cc1. The van der Waals surface area contributed by atoms with Crippen LogP contribution in [0.3, 0.4) is 0 Å². The third kappa shape index (κ3) is 3.54. The molecule has 0 aliphatic carbocycles. The van der Waals surface area contributed by atoms with Gasteiger partial charge in [-0.25, -0.2) is 13.9 Å². The van der Waals surface area contributed by atoms with Crippen LogP contribution < -0.4 is 16.6 Å². The summed E-state index contributed by atoms with van der Waals surface area (Å²) >= 11 is 1.25. The van der Waals surface area contributed by atoms with Gasteiger partial charge in [-0.3, -0.25) is 14.2 Å². The van der Waals surface area contributed by atoms with Crippen molar-refractivity contribution < 1.29 is 9.21 Å². The fourth-order valence-electron chi connectivity index (χ4n) is 3.54. The second kappa shape index (κ2) is 7.97. The standard InChI is InChI=1S/C22H19N5O4S/c1-14-4-6-15(7-5-14)11-23-18(28)13-26-22(30)27-17-8-10-32-19(17)20(29)25(21(27)24-26)12-16-3-2-9-31-16/h2-10H,11-13H2,1H3,(H,23,28). The van der Waals surface area contributed by atoms with Gasteiger partial charge in [-0.05, 0) is 36.1 Å². The molecular weight excluding hydrogens is 430 g/mol. The molecule has 5 rings (SSSR count). The van der Waals surface area contributed by atoms with Crippen molar-refractivity contribution in [2.45, 2.75) is 26.6 Å². The molecule has 0 bridgehead atoms. The van der Waals surface area contributed by atoms with Crippen LogP contribution in [0.1, 0.15) is 16.9 Å². The lowest BCUT2D eigenvalue weighted by Crippen LogP contribution is -2.32. The normalized spacial score (nSPS) is 11.4. The van der Waals surface area contributed by atoms with Gasteiger partial charge in [-0.15, -0.1) is 16.4 Å². The van der Waals surface area contributed by atoms with Crippen molar-refractivity contribution in [3.63, 3.8) is 0 Å². The van der Waals surface area contributed by atoms with E-state index in [0.29, 0.717) is 22.5 Å². The van der Waals surface area contributed by atoms with E-state index in [1.54, 1.807) is 23.6 Å². The molecule has 10 heteroatoms. The minimum Gasteiger partial charge on any atom is -0.467 e. The second-order valence-corrected chi connectivity index (χ2v) is 8.36. The molecule has 5 aromatic rings. The van der Waals surface area contributed by atoms with Gasteiger partial charge in [-0.1, -0.05) is 29.8 Å². The van der Waals surface area contributed by atoms with Crippen LogP contribution in [0.4, 0.5) is 0 Å². The molecule has 0 unspecified atom stereocenters. The molecule has 0 spiro atoms. The number of thiophene rings is 1. The van der Waals surface area contributed by atoms with E-state index in [-0.39, 0.29) is 30.3 Å². The summed E-state index contributed by atoms with van der Waals surface area (Å²) in [5, 5.41) is 8.88. The molecule has 0 atom stereocenters. The minimum absolute atomic E-state index is 0.124. The summed E-state index contributed by atoms with van der Waals surface area (Å²) in [6.07, 6.45) is 1.52. The molecule has 32 heavy (non-hydrogen) atoms. The average Bonchev–Trinajstić information content (AvgIpc) is 3.52. The highest BCUT2D eigenvalue weighted by Crippen LogP contribution is 2.18. The number of aryl methyl sites for hydroxylation is 1. The maximum Gasteiger partial charge on any atom is 0.352 e. The fourth-order valence-corrected chi connectivity index (χ4v) is 4.36. The number of amides is 1. The van der Waals surface area contributed by atoms with E-state index < -0.39 is 5.69 Å². The van der Waals surface area contributed by atoms with Crippen LogP contribution in [0.15, 0.2) is 68.1 Å². The molecule has 0 fully saturated rings. The number of hydrogen-bond donors (Lipinski definition) is 1. The first-order chi connectivity index (χ1) is 15.5. The number of furan rings is 1. The van der Waals surface area contributed by atoms with Crippen LogP contribution in [0.5, 0.6) is 0 Å². The lowest BCUT2D eigenvalue weighted by molar-refractivity contribution is -0.122. The number of aromatic nitrogens is 4. The largest absolute Gasteiger partial charge is 0.467 e. The highest BCUT2D eigenvalue weighted by atomic mass is 32.1. The van der Waals surface area contributed by atoms with Gasteiger partial charge in [-0.2, -0.15) is 0 Å². The van der Waals surface area contributed by atoms with Crippen LogP contribution in [0, 0.1) is 6.92 Å². The minimum atomic E-state index is -0.484. The van der Waals surface area contributed by atoms with Crippen molar-refractivity contribution in [1.82, 2.24) is 24.1 Å². The van der Waals surface area contributed by atoms with E-state index in [0.717, 1.165) is 15.8 Å². The molecule has 0 radical (unpaired) electrons. The molecule has 162 valence electrons. The molecule has 1 aromatic carbocycles. The summed E-state index contributed by atoms with van der Waals surface area (Å²) in [5.74, 6) is 0.369. The maximum atomic E-state index is 13.1. The van der Waals surface area contributed by atoms with Gasteiger partial charge >= 0.3 is 5.69 Å². The first-order valence-electron chi connectivity index (χ1n) is 9.95. The van der Waals surface area contributed by atoms with Crippen LogP contribution in [0.25, 0.3) is 16.0 Å². The number of nitrogens with one attached hydrogen (secondary N) is 1. The third-order valence-corrected chi connectivity index (χ3v) is 6.08. The summed E-state index contributed by atoms with van der Waals surface area (Å²) in [5.41, 5.74) is 1.82. The van der Waals surface area contributed by atoms with Crippen molar-refractivity contribution in [2.24, 2.45) is 0 Å². The fraction of sp³-hybridized carbons (Fsp3) is 0.182. The Morgan fingerprint density at radius 2 is 1.97 bits per heavy atom. The lowest BCUT2D eigenvalue weighted by Gasteiger charge is -2.06. The molecule has 9 nitrogen and oxygen atoms in total. The van der Waals surface area contributed by atoms with E-state index in [4.69, 9.17) is 4.42 Å². The van der Waals surface area contributed by atoms with Gasteiger partial charge in [0.1, 0.15) is 17.0 Å². The topological polar surface area (TPSA) is 104 Å². The van der Waals surface area contributed by atoms with E-state index in [1.165, 1.54) is 26.6 Å². The summed E-state index contributed by atoms with van der Waals surface area (Å²) in [4.78, 5) is 38.6. The Labute approximate surface area is 185 Å². The van der Waals surface area contributed by atoms with Crippen molar-refractivity contribution in [1.29, 1.82) is 0 Å². The number of carbonyl (C=O) groups excluding carboxylic acids is 1. The molecule has 4 heterocycles. The van der Waals surface area contributed by atoms with E-state index in [1.807, 2.05) is 31.2 Å². The maximum absolute atomic E-state index is 13.1. The molecule has 0 saturated carbocycles. The van der Waals surface area contributed by atoms with Gasteiger partial charge in [0, 0.05) is 6.54 Å². The summed E-state index contributed by atoms with van der Waals surface area (Å²) in [6, 6.07) is 13.0. The zero-order valence-electron chi connectivity index (χ0n) is 17.1. The first-order valence-corrected chi connectivity index (χ1v) is 10.8. The Morgan fingerprint density at radius 1 is 1.16 bits per heavy atom. The molecule has 1 N–H and O–H groups in total. The predicted octanol–water partition coefficient (Wildman–Crippen LogP) is 2.14. The molecule has 0 aliphatic heterocycles. The average molecular weight is 449 g/mol. The number of carbonyl (C=O) groups is 1. The Kier molecular flexibility index (Phi) is 4.98. The van der Waals surface area contributed by atoms with Crippen molar-refractivity contribution in [3.8, 4) is 0 Å². The van der Waals surface area contributed by atoms with Gasteiger partial charge in [0.15, 0.2) is 0 Å². The highest BCUT2D eigenvalue weighted by Gasteiger charge is 2.20. The van der Waals surface area contributed by atoms with Gasteiger partial charge < -0.3 is 9.73 Å². The van der Waals surface area contributed by atoms with E-state index in [9.17, 15) is 14.4 Å². The van der Waals surface area contributed by atoms with Crippen LogP contribution in [-0.2, 0) is 24.4 Å². The van der Waals surface area contributed by atoms with Crippen LogP contribution in [-0.4, -0.2) is 24.7 Å². The Morgan fingerprint density at radius 3 is 2.72 bits per heavy atom. The molecular formula is C22H19N5O4S. The number of hydrogen-bond acceptors (Lipinski definition) is 6. The quantitative estimate of drug-likeness (QED) is 0.428. The predicted molar refractivity (Wildman–Crippen MR) is 120 cm³/mol.